The number of nitrogens with two attached hydrogens (primary N) is 1. The molecule has 0 unspecified atom stereocenters. The van der Waals surface area contributed by atoms with Crippen LogP contribution < -0.4 is 10.6 Å². The van der Waals surface area contributed by atoms with Crippen LogP contribution in [-0.4, -0.2) is 43.0 Å². The zero-order chi connectivity index (χ0) is 18.1. The van der Waals surface area contributed by atoms with Crippen molar-refractivity contribution < 1.29 is 9.18 Å². The van der Waals surface area contributed by atoms with Crippen LogP contribution in [0.1, 0.15) is 60.9 Å². The first-order valence-corrected chi connectivity index (χ1v) is 10.1. The fraction of sp³-hybridized carbons (Fsp3) is 0.667. The SMILES string of the molecule is NC(=O)c1ccc(N2CCC3(CC2)CCN(C2CCC2)CC3)c(CF)c1. The van der Waals surface area contributed by atoms with Crippen molar-refractivity contribution in [1.29, 1.82) is 0 Å². The van der Waals surface area contributed by atoms with Crippen LogP contribution in [0.4, 0.5) is 10.1 Å². The lowest BCUT2D eigenvalue weighted by atomic mass is 9.70. The molecule has 1 aromatic carbocycles. The van der Waals surface area contributed by atoms with Crippen LogP contribution in [0.3, 0.4) is 0 Å². The molecule has 4 rings (SSSR count). The van der Waals surface area contributed by atoms with Gasteiger partial charge in [0.15, 0.2) is 0 Å². The third kappa shape index (κ3) is 3.34. The van der Waals surface area contributed by atoms with Crippen LogP contribution in [0.5, 0.6) is 0 Å². The highest BCUT2D eigenvalue weighted by Crippen LogP contribution is 2.44. The summed E-state index contributed by atoms with van der Waals surface area (Å²) in [4.78, 5) is 16.3. The zero-order valence-corrected chi connectivity index (χ0v) is 15.6. The van der Waals surface area contributed by atoms with E-state index in [9.17, 15) is 9.18 Å². The van der Waals surface area contributed by atoms with Gasteiger partial charge >= 0.3 is 0 Å². The van der Waals surface area contributed by atoms with Gasteiger partial charge in [-0.1, -0.05) is 6.42 Å². The van der Waals surface area contributed by atoms with Gasteiger partial charge < -0.3 is 15.5 Å². The lowest BCUT2D eigenvalue weighted by Crippen LogP contribution is -2.51. The summed E-state index contributed by atoms with van der Waals surface area (Å²) >= 11 is 0. The molecule has 0 atom stereocenters. The Morgan fingerprint density at radius 1 is 1.12 bits per heavy atom. The highest BCUT2D eigenvalue weighted by molar-refractivity contribution is 5.93. The molecule has 1 aliphatic carbocycles. The molecule has 5 heteroatoms. The molecule has 26 heavy (non-hydrogen) atoms. The number of benzene rings is 1. The number of rotatable bonds is 4. The average Bonchev–Trinajstić information content (AvgIpc) is 2.62. The van der Waals surface area contributed by atoms with E-state index >= 15 is 0 Å². The average molecular weight is 359 g/mol. The monoisotopic (exact) mass is 359 g/mol. The molecule has 1 saturated carbocycles. The van der Waals surface area contributed by atoms with Crippen LogP contribution in [0.25, 0.3) is 0 Å². The van der Waals surface area contributed by atoms with Crippen molar-refractivity contribution in [2.75, 3.05) is 31.1 Å². The first-order valence-electron chi connectivity index (χ1n) is 10.1. The summed E-state index contributed by atoms with van der Waals surface area (Å²) in [5.74, 6) is -0.498. The number of anilines is 1. The van der Waals surface area contributed by atoms with Crippen LogP contribution in [0, 0.1) is 5.41 Å². The number of carbonyl (C=O) groups excluding carboxylic acids is 1. The van der Waals surface area contributed by atoms with Crippen molar-refractivity contribution in [3.05, 3.63) is 29.3 Å². The summed E-state index contributed by atoms with van der Waals surface area (Å²) in [5, 5.41) is 0. The lowest BCUT2D eigenvalue weighted by Gasteiger charge is -2.50. The zero-order valence-electron chi connectivity index (χ0n) is 15.6. The van der Waals surface area contributed by atoms with Crippen molar-refractivity contribution >= 4 is 11.6 Å². The van der Waals surface area contributed by atoms with Crippen LogP contribution in [-0.2, 0) is 6.67 Å². The maximum atomic E-state index is 13.5. The maximum absolute atomic E-state index is 13.5. The smallest absolute Gasteiger partial charge is 0.248 e. The molecule has 2 saturated heterocycles. The summed E-state index contributed by atoms with van der Waals surface area (Å²) in [6.45, 7) is 3.91. The molecule has 2 heterocycles. The van der Waals surface area contributed by atoms with E-state index in [-0.39, 0.29) is 0 Å². The molecular formula is C21H30FN3O. The Morgan fingerprint density at radius 3 is 2.31 bits per heavy atom. The first kappa shape index (κ1) is 17.8. The maximum Gasteiger partial charge on any atom is 0.248 e. The van der Waals surface area contributed by atoms with Gasteiger partial charge in [-0.25, -0.2) is 4.39 Å². The molecular weight excluding hydrogens is 329 g/mol. The predicted octanol–water partition coefficient (Wildman–Crippen LogP) is 3.49. The number of piperidine rings is 2. The minimum Gasteiger partial charge on any atom is -0.371 e. The number of likely N-dealkylation sites (tertiary alicyclic amines) is 1. The van der Waals surface area contributed by atoms with Gasteiger partial charge in [-0.15, -0.1) is 0 Å². The topological polar surface area (TPSA) is 49.6 Å². The molecule has 1 aromatic rings. The van der Waals surface area contributed by atoms with Crippen LogP contribution in [0.2, 0.25) is 0 Å². The fourth-order valence-electron chi connectivity index (χ4n) is 4.99. The van der Waals surface area contributed by atoms with Crippen molar-refractivity contribution in [2.45, 2.75) is 57.7 Å². The summed E-state index contributed by atoms with van der Waals surface area (Å²) in [6, 6.07) is 6.06. The van der Waals surface area contributed by atoms with Gasteiger partial charge in [0.05, 0.1) is 0 Å². The van der Waals surface area contributed by atoms with Gasteiger partial charge in [-0.2, -0.15) is 0 Å². The van der Waals surface area contributed by atoms with Gasteiger partial charge in [0, 0.05) is 35.9 Å². The van der Waals surface area contributed by atoms with Gasteiger partial charge in [-0.05, 0) is 75.2 Å². The minimum absolute atomic E-state index is 0.387. The Labute approximate surface area is 155 Å². The van der Waals surface area contributed by atoms with Crippen molar-refractivity contribution in [1.82, 2.24) is 4.90 Å². The van der Waals surface area contributed by atoms with Crippen molar-refractivity contribution in [2.24, 2.45) is 11.1 Å². The number of hydrogen-bond acceptors (Lipinski definition) is 3. The third-order valence-electron chi connectivity index (χ3n) is 7.12. The Balaban J connectivity index is 1.38. The highest BCUT2D eigenvalue weighted by atomic mass is 19.1. The van der Waals surface area contributed by atoms with Crippen molar-refractivity contribution in [3.8, 4) is 0 Å². The van der Waals surface area contributed by atoms with E-state index in [1.165, 1.54) is 58.0 Å². The number of amides is 1. The molecule has 0 radical (unpaired) electrons. The molecule has 2 N–H and O–H groups in total. The molecule has 2 aliphatic heterocycles. The standard InChI is InChI=1S/C21H30FN3O/c22-15-17-14-16(20(23)26)4-5-19(17)25-12-8-21(9-13-25)6-10-24(11-7-21)18-2-1-3-18/h4-5,14,18H,1-3,6-13,15H2,(H2,23,26). The van der Waals surface area contributed by atoms with E-state index in [1.54, 1.807) is 12.1 Å². The molecule has 1 amide bonds. The van der Waals surface area contributed by atoms with E-state index < -0.39 is 12.6 Å². The second-order valence-corrected chi connectivity index (χ2v) is 8.45. The van der Waals surface area contributed by atoms with E-state index in [2.05, 4.69) is 9.80 Å². The van der Waals surface area contributed by atoms with E-state index in [4.69, 9.17) is 5.73 Å². The largest absolute Gasteiger partial charge is 0.371 e. The molecule has 142 valence electrons. The van der Waals surface area contributed by atoms with Crippen LogP contribution in [0.15, 0.2) is 18.2 Å². The second kappa shape index (κ2) is 7.18. The Kier molecular flexibility index (Phi) is 4.91. The summed E-state index contributed by atoms with van der Waals surface area (Å²) in [7, 11) is 0. The van der Waals surface area contributed by atoms with E-state index in [0.717, 1.165) is 24.8 Å². The number of nitrogens with zero attached hydrogens (tertiary/aromatic N) is 2. The Morgan fingerprint density at radius 2 is 1.77 bits per heavy atom. The molecule has 4 nitrogen and oxygen atoms in total. The van der Waals surface area contributed by atoms with Gasteiger partial charge in [0.25, 0.3) is 0 Å². The molecule has 1 spiro atoms. The van der Waals surface area contributed by atoms with Gasteiger partial charge in [-0.3, -0.25) is 4.79 Å². The normalized spacial score (nSPS) is 23.8. The van der Waals surface area contributed by atoms with Crippen LogP contribution >= 0.6 is 0 Å². The predicted molar refractivity (Wildman–Crippen MR) is 102 cm³/mol. The summed E-state index contributed by atoms with van der Waals surface area (Å²) in [6.07, 6.45) is 9.21. The van der Waals surface area contributed by atoms with E-state index in [0.29, 0.717) is 16.5 Å². The Bertz CT molecular complexity index is 655. The third-order valence-corrected chi connectivity index (χ3v) is 7.12. The van der Waals surface area contributed by atoms with Gasteiger partial charge in [0.2, 0.25) is 5.91 Å². The second-order valence-electron chi connectivity index (χ2n) is 8.45. The quantitative estimate of drug-likeness (QED) is 0.895. The summed E-state index contributed by atoms with van der Waals surface area (Å²) < 4.78 is 13.5. The first-order chi connectivity index (χ1) is 12.6. The number of hydrogen-bond donors (Lipinski definition) is 1. The molecule has 0 aromatic heterocycles. The lowest BCUT2D eigenvalue weighted by molar-refractivity contribution is 0.0305. The fourth-order valence-corrected chi connectivity index (χ4v) is 4.99. The number of carbonyl (C=O) groups is 1. The summed E-state index contributed by atoms with van der Waals surface area (Å²) in [5.41, 5.74) is 7.71. The molecule has 3 fully saturated rings. The molecule has 0 bridgehead atoms. The van der Waals surface area contributed by atoms with E-state index in [1.807, 2.05) is 6.07 Å². The highest BCUT2D eigenvalue weighted by Gasteiger charge is 2.39. The molecule has 3 aliphatic rings. The van der Waals surface area contributed by atoms with Gasteiger partial charge in [0.1, 0.15) is 6.67 Å². The minimum atomic E-state index is -0.561. The number of alkyl halides is 1. The Hall–Kier alpha value is -1.62. The van der Waals surface area contributed by atoms with Crippen molar-refractivity contribution in [3.63, 3.8) is 0 Å². The number of halogens is 1. The number of primary amides is 1.